The number of terminal acetylenes is 1. The zero-order chi connectivity index (χ0) is 10.4. The molecule has 0 aliphatic heterocycles. The van der Waals surface area contributed by atoms with E-state index in [-0.39, 0.29) is 0 Å². The molecule has 0 amide bonds. The van der Waals surface area contributed by atoms with Gasteiger partial charge in [0.1, 0.15) is 6.10 Å². The maximum absolute atomic E-state index is 9.39. The van der Waals surface area contributed by atoms with E-state index in [4.69, 9.17) is 11.5 Å². The Kier molecular flexibility index (Phi) is 4.18. The van der Waals surface area contributed by atoms with Crippen LogP contribution in [0.2, 0.25) is 0 Å². The Labute approximate surface area is 84.2 Å². The zero-order valence-corrected chi connectivity index (χ0v) is 7.93. The van der Waals surface area contributed by atoms with Gasteiger partial charge in [-0.25, -0.2) is 0 Å². The van der Waals surface area contributed by atoms with E-state index in [9.17, 15) is 5.11 Å². The molecule has 2 N–H and O–H groups in total. The highest BCUT2D eigenvalue weighted by atomic mass is 16.3. The van der Waals surface area contributed by atoms with Crippen molar-refractivity contribution in [3.05, 3.63) is 35.9 Å². The zero-order valence-electron chi connectivity index (χ0n) is 7.93. The molecule has 74 valence electrons. The van der Waals surface area contributed by atoms with Gasteiger partial charge in [0.15, 0.2) is 0 Å². The highest BCUT2D eigenvalue weighted by Crippen LogP contribution is 2.06. The van der Waals surface area contributed by atoms with Gasteiger partial charge in [-0.15, -0.1) is 6.42 Å². The Morgan fingerprint density at radius 2 is 1.86 bits per heavy atom. The number of benzene rings is 1. The maximum Gasteiger partial charge on any atom is 0.140 e. The van der Waals surface area contributed by atoms with Gasteiger partial charge in [-0.05, 0) is 18.4 Å². The molecule has 14 heavy (non-hydrogen) atoms. The lowest BCUT2D eigenvalue weighted by Crippen LogP contribution is -2.24. The highest BCUT2D eigenvalue weighted by molar-refractivity contribution is 5.15. The van der Waals surface area contributed by atoms with E-state index in [1.807, 2.05) is 30.3 Å². The van der Waals surface area contributed by atoms with Gasteiger partial charge >= 0.3 is 0 Å². The van der Waals surface area contributed by atoms with E-state index in [1.165, 1.54) is 0 Å². The predicted octanol–water partition coefficient (Wildman–Crippen LogP) is 0.974. The van der Waals surface area contributed by atoms with Gasteiger partial charge in [0.2, 0.25) is 0 Å². The van der Waals surface area contributed by atoms with Crippen molar-refractivity contribution in [3.63, 3.8) is 0 Å². The van der Waals surface area contributed by atoms with Crippen molar-refractivity contribution in [2.45, 2.75) is 25.0 Å². The first-order valence-corrected chi connectivity index (χ1v) is 4.60. The molecule has 2 heteroatoms. The largest absolute Gasteiger partial charge is 0.389 e. The molecule has 0 bridgehead atoms. The molecule has 0 fully saturated rings. The van der Waals surface area contributed by atoms with E-state index in [0.717, 1.165) is 12.0 Å². The fraction of sp³-hybridized carbons (Fsp3) is 0.333. The molecule has 0 aliphatic rings. The first kappa shape index (κ1) is 10.8. The molecule has 0 heterocycles. The number of rotatable bonds is 4. The van der Waals surface area contributed by atoms with Crippen molar-refractivity contribution in [2.24, 2.45) is 0 Å². The summed E-state index contributed by atoms with van der Waals surface area (Å²) in [6.45, 7) is 0. The summed E-state index contributed by atoms with van der Waals surface area (Å²) >= 11 is 0. The third-order valence-electron chi connectivity index (χ3n) is 2.11. The van der Waals surface area contributed by atoms with Crippen LogP contribution in [0.15, 0.2) is 30.3 Å². The van der Waals surface area contributed by atoms with Crippen molar-refractivity contribution in [3.8, 4) is 12.3 Å². The second kappa shape index (κ2) is 5.43. The van der Waals surface area contributed by atoms with E-state index in [0.29, 0.717) is 6.42 Å². The van der Waals surface area contributed by atoms with Crippen LogP contribution in [-0.4, -0.2) is 22.4 Å². The van der Waals surface area contributed by atoms with Crippen LogP contribution in [0.25, 0.3) is 0 Å². The van der Waals surface area contributed by atoms with Crippen molar-refractivity contribution in [1.82, 2.24) is 0 Å². The summed E-state index contributed by atoms with van der Waals surface area (Å²) in [7, 11) is 0. The molecule has 0 radical (unpaired) electrons. The third kappa shape index (κ3) is 3.21. The fourth-order valence-electron chi connectivity index (χ4n) is 1.23. The third-order valence-corrected chi connectivity index (χ3v) is 2.11. The quantitative estimate of drug-likeness (QED) is 0.695. The van der Waals surface area contributed by atoms with Gasteiger partial charge in [-0.3, -0.25) is 0 Å². The summed E-state index contributed by atoms with van der Waals surface area (Å²) in [5, 5.41) is 18.5. The summed E-state index contributed by atoms with van der Waals surface area (Å²) in [5.41, 5.74) is 1.13. The monoisotopic (exact) mass is 190 g/mol. The molecule has 0 aliphatic carbocycles. The molecule has 1 rings (SSSR count). The van der Waals surface area contributed by atoms with Crippen LogP contribution < -0.4 is 0 Å². The number of hydrogen-bond acceptors (Lipinski definition) is 2. The number of aliphatic hydroxyl groups is 2. The smallest absolute Gasteiger partial charge is 0.140 e. The van der Waals surface area contributed by atoms with Crippen LogP contribution in [0, 0.1) is 12.3 Å². The number of hydrogen-bond donors (Lipinski definition) is 2. The van der Waals surface area contributed by atoms with Crippen LogP contribution in [0.5, 0.6) is 0 Å². The van der Waals surface area contributed by atoms with Crippen LogP contribution >= 0.6 is 0 Å². The lowest BCUT2D eigenvalue weighted by Gasteiger charge is -2.12. The summed E-state index contributed by atoms with van der Waals surface area (Å²) in [5.74, 6) is 2.11. The Balaban J connectivity index is 2.39. The molecule has 1 aromatic carbocycles. The van der Waals surface area contributed by atoms with Crippen molar-refractivity contribution in [2.75, 3.05) is 0 Å². The summed E-state index contributed by atoms with van der Waals surface area (Å²) < 4.78 is 0. The molecule has 0 aromatic heterocycles. The fourth-order valence-corrected chi connectivity index (χ4v) is 1.23. The molecule has 0 saturated heterocycles. The molecule has 0 saturated carbocycles. The summed E-state index contributed by atoms with van der Waals surface area (Å²) in [6, 6.07) is 9.79. The minimum atomic E-state index is -1.06. The average Bonchev–Trinajstić information content (AvgIpc) is 2.26. The molecular weight excluding hydrogens is 176 g/mol. The Bertz CT molecular complexity index is 300. The molecule has 0 unspecified atom stereocenters. The van der Waals surface area contributed by atoms with Gasteiger partial charge in [-0.2, -0.15) is 0 Å². The van der Waals surface area contributed by atoms with E-state index >= 15 is 0 Å². The van der Waals surface area contributed by atoms with Gasteiger partial charge in [0.25, 0.3) is 0 Å². The second-order valence-corrected chi connectivity index (χ2v) is 3.20. The Hall–Kier alpha value is -1.30. The van der Waals surface area contributed by atoms with Gasteiger partial charge < -0.3 is 10.2 Å². The van der Waals surface area contributed by atoms with Gasteiger partial charge in [0, 0.05) is 0 Å². The maximum atomic E-state index is 9.39. The first-order valence-electron chi connectivity index (χ1n) is 4.60. The van der Waals surface area contributed by atoms with Crippen LogP contribution in [0.3, 0.4) is 0 Å². The predicted molar refractivity (Wildman–Crippen MR) is 55.6 cm³/mol. The van der Waals surface area contributed by atoms with Gasteiger partial charge in [-0.1, -0.05) is 36.3 Å². The Morgan fingerprint density at radius 3 is 2.43 bits per heavy atom. The summed E-state index contributed by atoms with van der Waals surface area (Å²) in [4.78, 5) is 0. The van der Waals surface area contributed by atoms with Gasteiger partial charge in [0.05, 0.1) is 6.10 Å². The second-order valence-electron chi connectivity index (χ2n) is 3.20. The minimum absolute atomic E-state index is 0.482. The lowest BCUT2D eigenvalue weighted by molar-refractivity contribution is 0.0490. The Morgan fingerprint density at radius 1 is 1.21 bits per heavy atom. The minimum Gasteiger partial charge on any atom is -0.389 e. The van der Waals surface area contributed by atoms with E-state index < -0.39 is 12.2 Å². The number of aryl methyl sites for hydroxylation is 1. The number of aliphatic hydroxyl groups excluding tert-OH is 2. The molecular formula is C12H14O2. The normalized spacial score (nSPS) is 14.4. The van der Waals surface area contributed by atoms with Crippen LogP contribution in [-0.2, 0) is 6.42 Å². The van der Waals surface area contributed by atoms with Crippen LogP contribution in [0.4, 0.5) is 0 Å². The molecule has 2 atom stereocenters. The van der Waals surface area contributed by atoms with E-state index in [1.54, 1.807) is 0 Å². The van der Waals surface area contributed by atoms with E-state index in [2.05, 4.69) is 5.92 Å². The highest BCUT2D eigenvalue weighted by Gasteiger charge is 2.12. The topological polar surface area (TPSA) is 40.5 Å². The average molecular weight is 190 g/mol. The molecule has 2 nitrogen and oxygen atoms in total. The molecule has 0 spiro atoms. The van der Waals surface area contributed by atoms with Crippen molar-refractivity contribution < 1.29 is 10.2 Å². The van der Waals surface area contributed by atoms with Crippen LogP contribution in [0.1, 0.15) is 12.0 Å². The van der Waals surface area contributed by atoms with Crippen molar-refractivity contribution >= 4 is 0 Å². The first-order chi connectivity index (χ1) is 6.74. The lowest BCUT2D eigenvalue weighted by atomic mass is 10.0. The SMILES string of the molecule is C#C[C@H](O)[C@@H](O)CCc1ccccc1. The summed E-state index contributed by atoms with van der Waals surface area (Å²) in [6.07, 6.45) is 4.30. The standard InChI is InChI=1S/C12H14O2/c1-2-11(13)12(14)9-8-10-6-4-3-5-7-10/h1,3-7,11-14H,8-9H2/t11-,12-/m0/s1. The molecule has 1 aromatic rings. The van der Waals surface area contributed by atoms with Crippen molar-refractivity contribution in [1.29, 1.82) is 0 Å².